The number of fused-ring (bicyclic) bond motifs is 1. The number of piperazine rings is 1. The molecule has 0 bridgehead atoms. The van der Waals surface area contributed by atoms with Gasteiger partial charge >= 0.3 is 0 Å². The van der Waals surface area contributed by atoms with Crippen LogP contribution < -0.4 is 0 Å². The standard InChI is InChI=1S/C21H21BrN2O5S/c1-28-14-18-17-4-2-3-5-19(17)29-20(18)21(25)23-10-12-24(13-11-23)30(26,27)16-8-6-15(22)7-9-16/h2-9H,10-14H2,1H3. The average Bonchev–Trinajstić information content (AvgIpc) is 3.12. The van der Waals surface area contributed by atoms with E-state index in [-0.39, 0.29) is 49.3 Å². The summed E-state index contributed by atoms with van der Waals surface area (Å²) in [6.45, 7) is 1.29. The summed E-state index contributed by atoms with van der Waals surface area (Å²) in [5.74, 6) is 0.00112. The maximum Gasteiger partial charge on any atom is 0.290 e. The van der Waals surface area contributed by atoms with Crippen LogP contribution in [0.5, 0.6) is 0 Å². The third-order valence-corrected chi connectivity index (χ3v) is 7.60. The van der Waals surface area contributed by atoms with Crippen LogP contribution in [0.1, 0.15) is 16.1 Å². The van der Waals surface area contributed by atoms with E-state index in [1.807, 2.05) is 24.3 Å². The second-order valence-corrected chi connectivity index (χ2v) is 9.84. The maximum atomic E-state index is 13.1. The first-order valence-electron chi connectivity index (χ1n) is 9.46. The molecule has 0 aliphatic carbocycles. The lowest BCUT2D eigenvalue weighted by atomic mass is 10.1. The van der Waals surface area contributed by atoms with Gasteiger partial charge in [0.25, 0.3) is 5.91 Å². The normalized spacial score (nSPS) is 15.6. The molecule has 3 aromatic rings. The highest BCUT2D eigenvalue weighted by Gasteiger charge is 2.32. The van der Waals surface area contributed by atoms with Crippen molar-refractivity contribution in [1.29, 1.82) is 0 Å². The fourth-order valence-electron chi connectivity index (χ4n) is 3.59. The Bertz CT molecular complexity index is 1170. The van der Waals surface area contributed by atoms with E-state index in [0.717, 1.165) is 9.86 Å². The molecule has 2 heterocycles. The van der Waals surface area contributed by atoms with Crippen molar-refractivity contribution in [2.45, 2.75) is 11.5 Å². The Labute approximate surface area is 183 Å². The summed E-state index contributed by atoms with van der Waals surface area (Å²) in [7, 11) is -2.03. The van der Waals surface area contributed by atoms with Crippen molar-refractivity contribution in [3.8, 4) is 0 Å². The molecule has 4 rings (SSSR count). The van der Waals surface area contributed by atoms with Crippen LogP contribution in [0.15, 0.2) is 62.3 Å². The highest BCUT2D eigenvalue weighted by molar-refractivity contribution is 9.10. The van der Waals surface area contributed by atoms with Crippen LogP contribution in [0.3, 0.4) is 0 Å². The lowest BCUT2D eigenvalue weighted by Crippen LogP contribution is -2.50. The van der Waals surface area contributed by atoms with Crippen molar-refractivity contribution >= 4 is 42.8 Å². The molecule has 1 saturated heterocycles. The SMILES string of the molecule is COCc1c(C(=O)N2CCN(S(=O)(=O)c3ccc(Br)cc3)CC2)oc2ccccc12. The number of carbonyl (C=O) groups is 1. The maximum absolute atomic E-state index is 13.1. The Hall–Kier alpha value is -2.20. The number of nitrogens with zero attached hydrogens (tertiary/aromatic N) is 2. The number of halogens is 1. The molecule has 0 saturated carbocycles. The molecule has 0 radical (unpaired) electrons. The molecule has 0 N–H and O–H groups in total. The third-order valence-electron chi connectivity index (χ3n) is 5.16. The zero-order chi connectivity index (χ0) is 21.3. The molecule has 1 fully saturated rings. The molecule has 7 nitrogen and oxygen atoms in total. The van der Waals surface area contributed by atoms with Gasteiger partial charge in [-0.2, -0.15) is 4.31 Å². The van der Waals surface area contributed by atoms with E-state index in [1.165, 1.54) is 4.31 Å². The highest BCUT2D eigenvalue weighted by atomic mass is 79.9. The molecule has 158 valence electrons. The van der Waals surface area contributed by atoms with Gasteiger partial charge in [0.1, 0.15) is 5.58 Å². The topological polar surface area (TPSA) is 80.1 Å². The van der Waals surface area contributed by atoms with Gasteiger partial charge in [-0.15, -0.1) is 0 Å². The van der Waals surface area contributed by atoms with Crippen molar-refractivity contribution in [2.24, 2.45) is 0 Å². The predicted molar refractivity (Wildman–Crippen MR) is 116 cm³/mol. The van der Waals surface area contributed by atoms with Crippen LogP contribution in [0.25, 0.3) is 11.0 Å². The second-order valence-electron chi connectivity index (χ2n) is 6.99. The third kappa shape index (κ3) is 3.90. The number of sulfonamides is 1. The van der Waals surface area contributed by atoms with E-state index >= 15 is 0 Å². The number of para-hydroxylation sites is 1. The molecule has 2 aromatic carbocycles. The number of hydrogen-bond donors (Lipinski definition) is 0. The molecule has 1 aromatic heterocycles. The van der Waals surface area contributed by atoms with Crippen molar-refractivity contribution < 1.29 is 22.4 Å². The molecule has 1 aliphatic rings. The van der Waals surface area contributed by atoms with Crippen LogP contribution in [0.2, 0.25) is 0 Å². The van der Waals surface area contributed by atoms with Crippen LogP contribution >= 0.6 is 15.9 Å². The number of furan rings is 1. The number of amides is 1. The van der Waals surface area contributed by atoms with E-state index < -0.39 is 10.0 Å². The Balaban J connectivity index is 1.52. The monoisotopic (exact) mass is 492 g/mol. The number of rotatable bonds is 5. The van der Waals surface area contributed by atoms with Gasteiger partial charge in [-0.1, -0.05) is 34.1 Å². The van der Waals surface area contributed by atoms with Crippen molar-refractivity contribution in [2.75, 3.05) is 33.3 Å². The summed E-state index contributed by atoms with van der Waals surface area (Å²) in [4.78, 5) is 15.0. The number of hydrogen-bond acceptors (Lipinski definition) is 5. The number of benzene rings is 2. The fraction of sp³-hybridized carbons (Fsp3) is 0.286. The molecule has 1 aliphatic heterocycles. The minimum atomic E-state index is -3.60. The van der Waals surface area contributed by atoms with Crippen molar-refractivity contribution in [3.63, 3.8) is 0 Å². The molecule has 9 heteroatoms. The van der Waals surface area contributed by atoms with Crippen LogP contribution in [-0.2, 0) is 21.4 Å². The lowest BCUT2D eigenvalue weighted by molar-refractivity contribution is 0.0662. The minimum absolute atomic E-state index is 0.226. The minimum Gasteiger partial charge on any atom is -0.451 e. The van der Waals surface area contributed by atoms with Gasteiger partial charge in [0.15, 0.2) is 5.76 Å². The molecule has 0 atom stereocenters. The van der Waals surface area contributed by atoms with E-state index in [4.69, 9.17) is 9.15 Å². The highest BCUT2D eigenvalue weighted by Crippen LogP contribution is 2.28. The Kier molecular flexibility index (Phi) is 5.97. The van der Waals surface area contributed by atoms with E-state index in [2.05, 4.69) is 15.9 Å². The Morgan fingerprint density at radius 3 is 2.40 bits per heavy atom. The van der Waals surface area contributed by atoms with Gasteiger partial charge in [-0.25, -0.2) is 8.42 Å². The zero-order valence-corrected chi connectivity index (χ0v) is 18.8. The fourth-order valence-corrected chi connectivity index (χ4v) is 5.28. The van der Waals surface area contributed by atoms with E-state index in [1.54, 1.807) is 36.3 Å². The van der Waals surface area contributed by atoms with Crippen LogP contribution in [0.4, 0.5) is 0 Å². The summed E-state index contributed by atoms with van der Waals surface area (Å²) >= 11 is 3.31. The van der Waals surface area contributed by atoms with Gasteiger partial charge in [0.2, 0.25) is 10.0 Å². The van der Waals surface area contributed by atoms with E-state index in [9.17, 15) is 13.2 Å². The van der Waals surface area contributed by atoms with Gasteiger partial charge < -0.3 is 14.1 Å². The average molecular weight is 493 g/mol. The van der Waals surface area contributed by atoms with Crippen LogP contribution in [0, 0.1) is 0 Å². The van der Waals surface area contributed by atoms with Gasteiger partial charge in [-0.05, 0) is 30.3 Å². The largest absolute Gasteiger partial charge is 0.451 e. The smallest absolute Gasteiger partial charge is 0.290 e. The first-order valence-corrected chi connectivity index (χ1v) is 11.7. The summed E-state index contributed by atoms with van der Waals surface area (Å²) in [5, 5.41) is 0.846. The molecule has 1 amide bonds. The molecular weight excluding hydrogens is 472 g/mol. The van der Waals surface area contributed by atoms with Gasteiger partial charge in [-0.3, -0.25) is 4.79 Å². The first kappa shape index (κ1) is 21.0. The molecule has 0 unspecified atom stereocenters. The quantitative estimate of drug-likeness (QED) is 0.544. The van der Waals surface area contributed by atoms with Gasteiger partial charge in [0, 0.05) is 48.7 Å². The number of carbonyl (C=O) groups excluding carboxylic acids is 1. The predicted octanol–water partition coefficient (Wildman–Crippen LogP) is 3.49. The second kappa shape index (κ2) is 8.50. The number of methoxy groups -OCH3 is 1. The Morgan fingerprint density at radius 2 is 1.73 bits per heavy atom. The molecule has 0 spiro atoms. The van der Waals surface area contributed by atoms with Crippen LogP contribution in [-0.4, -0.2) is 56.8 Å². The summed E-state index contributed by atoms with van der Waals surface area (Å²) in [5.41, 5.74) is 1.34. The van der Waals surface area contributed by atoms with Crippen molar-refractivity contribution in [1.82, 2.24) is 9.21 Å². The van der Waals surface area contributed by atoms with Gasteiger partial charge in [0.05, 0.1) is 11.5 Å². The van der Waals surface area contributed by atoms with Crippen molar-refractivity contribution in [3.05, 3.63) is 64.3 Å². The first-order chi connectivity index (χ1) is 14.4. The Morgan fingerprint density at radius 1 is 1.07 bits per heavy atom. The lowest BCUT2D eigenvalue weighted by Gasteiger charge is -2.33. The molecular formula is C21H21BrN2O5S. The summed E-state index contributed by atoms with van der Waals surface area (Å²) in [6, 6.07) is 14.0. The molecule has 30 heavy (non-hydrogen) atoms. The van der Waals surface area contributed by atoms with E-state index in [0.29, 0.717) is 11.1 Å². The summed E-state index contributed by atoms with van der Waals surface area (Å²) in [6.07, 6.45) is 0. The zero-order valence-electron chi connectivity index (χ0n) is 16.4. The number of ether oxygens (including phenoxy) is 1. The summed E-state index contributed by atoms with van der Waals surface area (Å²) < 4.78 is 39.1.